The molecule has 1 N–H and O–H groups in total. The second kappa shape index (κ2) is 5.85. The van der Waals surface area contributed by atoms with Gasteiger partial charge in [0.15, 0.2) is 6.10 Å². The van der Waals surface area contributed by atoms with Crippen LogP contribution in [0, 0.1) is 5.92 Å². The van der Waals surface area contributed by atoms with Crippen molar-refractivity contribution in [3.8, 4) is 0 Å². The molecule has 0 amide bonds. The van der Waals surface area contributed by atoms with Gasteiger partial charge in [0, 0.05) is 6.92 Å². The van der Waals surface area contributed by atoms with Crippen molar-refractivity contribution in [1.29, 1.82) is 0 Å². The highest BCUT2D eigenvalue weighted by Crippen LogP contribution is 2.26. The summed E-state index contributed by atoms with van der Waals surface area (Å²) >= 11 is 0. The van der Waals surface area contributed by atoms with Crippen LogP contribution in [0.5, 0.6) is 0 Å². The Labute approximate surface area is 89.6 Å². The zero-order chi connectivity index (χ0) is 11.3. The van der Waals surface area contributed by atoms with E-state index in [9.17, 15) is 14.7 Å². The Morgan fingerprint density at radius 1 is 1.20 bits per heavy atom. The van der Waals surface area contributed by atoms with E-state index >= 15 is 0 Å². The molecule has 0 radical (unpaired) electrons. The molecule has 0 bridgehead atoms. The lowest BCUT2D eigenvalue weighted by Gasteiger charge is -2.18. The molecule has 4 heteroatoms. The number of aliphatic hydroxyl groups is 1. The Balaban J connectivity index is 2.46. The van der Waals surface area contributed by atoms with Gasteiger partial charge in [-0.1, -0.05) is 25.7 Å². The SMILES string of the molecule is CC(=O)OC(=O)C(O)C1CCCCCC1. The molecular formula is C11H18O4. The van der Waals surface area contributed by atoms with Crippen molar-refractivity contribution in [3.05, 3.63) is 0 Å². The van der Waals surface area contributed by atoms with Crippen LogP contribution in [0.1, 0.15) is 45.4 Å². The minimum atomic E-state index is -1.13. The van der Waals surface area contributed by atoms with Crippen molar-refractivity contribution in [2.75, 3.05) is 0 Å². The summed E-state index contributed by atoms with van der Waals surface area (Å²) < 4.78 is 4.38. The lowest BCUT2D eigenvalue weighted by Crippen LogP contribution is -2.32. The maximum atomic E-state index is 11.3. The number of hydrogen-bond acceptors (Lipinski definition) is 4. The highest BCUT2D eigenvalue weighted by Gasteiger charge is 2.28. The third-order valence-electron chi connectivity index (χ3n) is 2.83. The third kappa shape index (κ3) is 4.00. The summed E-state index contributed by atoms with van der Waals surface area (Å²) in [5.74, 6) is -1.50. The lowest BCUT2D eigenvalue weighted by molar-refractivity contribution is -0.166. The molecule has 1 rings (SSSR count). The van der Waals surface area contributed by atoms with Gasteiger partial charge in [0.2, 0.25) is 0 Å². The van der Waals surface area contributed by atoms with Crippen LogP contribution < -0.4 is 0 Å². The number of carbonyl (C=O) groups is 2. The van der Waals surface area contributed by atoms with Crippen molar-refractivity contribution >= 4 is 11.9 Å². The van der Waals surface area contributed by atoms with Crippen LogP contribution in [0.3, 0.4) is 0 Å². The van der Waals surface area contributed by atoms with Crippen LogP contribution in [-0.4, -0.2) is 23.1 Å². The zero-order valence-corrected chi connectivity index (χ0v) is 9.07. The van der Waals surface area contributed by atoms with Gasteiger partial charge in [-0.15, -0.1) is 0 Å². The molecule has 0 heterocycles. The molecule has 15 heavy (non-hydrogen) atoms. The number of aliphatic hydroxyl groups excluding tert-OH is 1. The van der Waals surface area contributed by atoms with E-state index in [0.29, 0.717) is 0 Å². The van der Waals surface area contributed by atoms with Crippen molar-refractivity contribution in [2.45, 2.75) is 51.6 Å². The standard InChI is InChI=1S/C11H18O4/c1-8(12)15-11(14)10(13)9-6-4-2-3-5-7-9/h9-10,13H,2-7H2,1H3. The number of esters is 2. The Hall–Kier alpha value is -0.900. The summed E-state index contributed by atoms with van der Waals surface area (Å²) in [7, 11) is 0. The topological polar surface area (TPSA) is 63.6 Å². The van der Waals surface area contributed by atoms with Crippen molar-refractivity contribution in [3.63, 3.8) is 0 Å². The molecule has 1 aliphatic carbocycles. The van der Waals surface area contributed by atoms with Gasteiger partial charge >= 0.3 is 11.9 Å². The van der Waals surface area contributed by atoms with Gasteiger partial charge in [-0.25, -0.2) is 4.79 Å². The molecule has 1 aliphatic rings. The molecule has 0 aromatic carbocycles. The van der Waals surface area contributed by atoms with E-state index in [1.807, 2.05) is 0 Å². The van der Waals surface area contributed by atoms with Crippen LogP contribution >= 0.6 is 0 Å². The van der Waals surface area contributed by atoms with Gasteiger partial charge in [-0.3, -0.25) is 4.79 Å². The van der Waals surface area contributed by atoms with Crippen molar-refractivity contribution in [2.24, 2.45) is 5.92 Å². The van der Waals surface area contributed by atoms with E-state index in [4.69, 9.17) is 0 Å². The Morgan fingerprint density at radius 2 is 1.73 bits per heavy atom. The van der Waals surface area contributed by atoms with E-state index in [2.05, 4.69) is 4.74 Å². The van der Waals surface area contributed by atoms with Crippen LogP contribution in [0.25, 0.3) is 0 Å². The Morgan fingerprint density at radius 3 is 2.20 bits per heavy atom. The fourth-order valence-electron chi connectivity index (χ4n) is 2.02. The maximum absolute atomic E-state index is 11.3. The smallest absolute Gasteiger partial charge is 0.342 e. The van der Waals surface area contributed by atoms with Gasteiger partial charge in [0.05, 0.1) is 0 Å². The van der Waals surface area contributed by atoms with E-state index in [1.165, 1.54) is 0 Å². The normalized spacial score (nSPS) is 20.4. The van der Waals surface area contributed by atoms with E-state index in [1.54, 1.807) is 0 Å². The first kappa shape index (κ1) is 12.2. The summed E-state index contributed by atoms with van der Waals surface area (Å²) in [6, 6.07) is 0. The summed E-state index contributed by atoms with van der Waals surface area (Å²) in [5.41, 5.74) is 0. The van der Waals surface area contributed by atoms with Crippen LogP contribution in [0.15, 0.2) is 0 Å². The van der Waals surface area contributed by atoms with Crippen LogP contribution in [0.4, 0.5) is 0 Å². The summed E-state index contributed by atoms with van der Waals surface area (Å²) in [4.78, 5) is 21.8. The Kier molecular flexibility index (Phi) is 4.75. The van der Waals surface area contributed by atoms with Gasteiger partial charge in [-0.05, 0) is 18.8 Å². The molecule has 0 aromatic rings. The molecule has 1 unspecified atom stereocenters. The average molecular weight is 214 g/mol. The molecular weight excluding hydrogens is 196 g/mol. The average Bonchev–Trinajstić information content (AvgIpc) is 2.43. The molecule has 4 nitrogen and oxygen atoms in total. The zero-order valence-electron chi connectivity index (χ0n) is 9.07. The van der Waals surface area contributed by atoms with E-state index in [-0.39, 0.29) is 5.92 Å². The first-order valence-electron chi connectivity index (χ1n) is 5.51. The fourth-order valence-corrected chi connectivity index (χ4v) is 2.02. The molecule has 0 aliphatic heterocycles. The first-order chi connectivity index (χ1) is 7.11. The summed E-state index contributed by atoms with van der Waals surface area (Å²) in [5, 5.41) is 9.69. The molecule has 1 atom stereocenters. The molecule has 0 aromatic heterocycles. The van der Waals surface area contributed by atoms with Gasteiger partial charge in [0.1, 0.15) is 0 Å². The summed E-state index contributed by atoms with van der Waals surface area (Å²) in [6.07, 6.45) is 4.94. The number of ether oxygens (including phenoxy) is 1. The van der Waals surface area contributed by atoms with E-state index in [0.717, 1.165) is 45.4 Å². The second-order valence-electron chi connectivity index (χ2n) is 4.11. The molecule has 1 fully saturated rings. The predicted molar refractivity (Wildman–Crippen MR) is 54.0 cm³/mol. The lowest BCUT2D eigenvalue weighted by atomic mass is 9.94. The number of rotatable bonds is 2. The highest BCUT2D eigenvalue weighted by atomic mass is 16.6. The monoisotopic (exact) mass is 214 g/mol. The fraction of sp³-hybridized carbons (Fsp3) is 0.818. The molecule has 0 spiro atoms. The minimum absolute atomic E-state index is 0.0423. The van der Waals surface area contributed by atoms with Gasteiger partial charge < -0.3 is 9.84 Å². The first-order valence-corrected chi connectivity index (χ1v) is 5.51. The quantitative estimate of drug-likeness (QED) is 0.429. The molecule has 86 valence electrons. The van der Waals surface area contributed by atoms with E-state index < -0.39 is 18.0 Å². The van der Waals surface area contributed by atoms with Crippen molar-refractivity contribution in [1.82, 2.24) is 0 Å². The number of hydrogen-bond donors (Lipinski definition) is 1. The Bertz CT molecular complexity index is 229. The largest absolute Gasteiger partial charge is 0.391 e. The van der Waals surface area contributed by atoms with Crippen molar-refractivity contribution < 1.29 is 19.4 Å². The highest BCUT2D eigenvalue weighted by molar-refractivity contribution is 5.86. The molecule has 1 saturated carbocycles. The van der Waals surface area contributed by atoms with Crippen LogP contribution in [0.2, 0.25) is 0 Å². The third-order valence-corrected chi connectivity index (χ3v) is 2.83. The van der Waals surface area contributed by atoms with Crippen LogP contribution in [-0.2, 0) is 14.3 Å². The minimum Gasteiger partial charge on any atom is -0.391 e. The van der Waals surface area contributed by atoms with Gasteiger partial charge in [0.25, 0.3) is 0 Å². The predicted octanol–water partition coefficient (Wildman–Crippen LogP) is 1.41. The second-order valence-corrected chi connectivity index (χ2v) is 4.11. The maximum Gasteiger partial charge on any atom is 0.342 e. The number of carbonyl (C=O) groups excluding carboxylic acids is 2. The van der Waals surface area contributed by atoms with Gasteiger partial charge in [-0.2, -0.15) is 0 Å². The summed E-state index contributed by atoms with van der Waals surface area (Å²) in [6.45, 7) is 1.16. The molecule has 0 saturated heterocycles.